The summed E-state index contributed by atoms with van der Waals surface area (Å²) in [4.78, 5) is 20.6. The van der Waals surface area contributed by atoms with E-state index in [2.05, 4.69) is 20.6 Å². The minimum Gasteiger partial charge on any atom is -0.480 e. The number of aromatic nitrogens is 3. The number of imidazole rings is 1. The monoisotopic (exact) mass is 317 g/mol. The summed E-state index contributed by atoms with van der Waals surface area (Å²) in [5, 5.41) is 5.68. The molecule has 2 N–H and O–H groups in total. The lowest BCUT2D eigenvalue weighted by Crippen LogP contribution is -2.40. The lowest BCUT2D eigenvalue weighted by Gasteiger charge is -2.20. The lowest BCUT2D eigenvalue weighted by atomic mass is 10.1. The number of carbonyl (C=O) groups excluding carboxylic acids is 1. The van der Waals surface area contributed by atoms with Crippen LogP contribution in [0.2, 0.25) is 0 Å². The molecule has 0 saturated carbocycles. The number of methoxy groups -OCH3 is 1. The molecule has 3 rings (SSSR count). The van der Waals surface area contributed by atoms with E-state index in [1.54, 1.807) is 24.5 Å². The van der Waals surface area contributed by atoms with Crippen LogP contribution in [0.1, 0.15) is 18.3 Å². The number of carbonyl (C=O) groups is 1. The Labute approximate surface area is 133 Å². The number of pyridine rings is 1. The van der Waals surface area contributed by atoms with Crippen LogP contribution >= 0.6 is 0 Å². The summed E-state index contributed by atoms with van der Waals surface area (Å²) in [5.41, 5.74) is 0.514. The molecule has 0 aromatic carbocycles. The number of ether oxygens (including phenoxy) is 2. The second-order valence-electron chi connectivity index (χ2n) is 5.24. The summed E-state index contributed by atoms with van der Waals surface area (Å²) in [6.45, 7) is 0.582. The van der Waals surface area contributed by atoms with Gasteiger partial charge in [0.15, 0.2) is 0 Å². The van der Waals surface area contributed by atoms with E-state index in [9.17, 15) is 4.79 Å². The number of amides is 2. The van der Waals surface area contributed by atoms with Crippen LogP contribution < -0.4 is 15.4 Å². The number of hydrogen-bond acceptors (Lipinski definition) is 5. The molecule has 2 atom stereocenters. The van der Waals surface area contributed by atoms with Crippen molar-refractivity contribution in [2.24, 2.45) is 7.05 Å². The summed E-state index contributed by atoms with van der Waals surface area (Å²) < 4.78 is 12.7. The zero-order valence-electron chi connectivity index (χ0n) is 13.0. The Bertz CT molecular complexity index is 687. The summed E-state index contributed by atoms with van der Waals surface area (Å²) in [5.74, 6) is 1.16. The largest absolute Gasteiger partial charge is 0.480 e. The second kappa shape index (κ2) is 6.66. The van der Waals surface area contributed by atoms with Gasteiger partial charge in [-0.25, -0.2) is 14.8 Å². The molecule has 3 heterocycles. The van der Waals surface area contributed by atoms with E-state index < -0.39 is 0 Å². The SMILES string of the molecule is COc1ncccc1NC(=O)N[C@H]1CCO[C@@H]1c1nccn1C. The van der Waals surface area contributed by atoms with Crippen LogP contribution in [0.25, 0.3) is 0 Å². The highest BCUT2D eigenvalue weighted by Gasteiger charge is 2.33. The Balaban J connectivity index is 1.66. The number of urea groups is 1. The van der Waals surface area contributed by atoms with E-state index in [-0.39, 0.29) is 18.2 Å². The van der Waals surface area contributed by atoms with E-state index in [0.717, 1.165) is 12.2 Å². The van der Waals surface area contributed by atoms with Crippen LogP contribution in [0, 0.1) is 0 Å². The third-order valence-corrected chi connectivity index (χ3v) is 3.73. The number of anilines is 1. The highest BCUT2D eigenvalue weighted by atomic mass is 16.5. The predicted octanol–water partition coefficient (Wildman–Crippen LogP) is 1.48. The maximum absolute atomic E-state index is 12.2. The van der Waals surface area contributed by atoms with Crippen molar-refractivity contribution in [2.45, 2.75) is 18.6 Å². The number of nitrogens with one attached hydrogen (secondary N) is 2. The molecule has 0 radical (unpaired) electrons. The van der Waals surface area contributed by atoms with Gasteiger partial charge in [-0.15, -0.1) is 0 Å². The second-order valence-corrected chi connectivity index (χ2v) is 5.24. The van der Waals surface area contributed by atoms with Gasteiger partial charge in [0.1, 0.15) is 17.6 Å². The van der Waals surface area contributed by atoms with Crippen LogP contribution in [0.15, 0.2) is 30.7 Å². The molecule has 0 unspecified atom stereocenters. The fraction of sp³-hybridized carbons (Fsp3) is 0.400. The number of aryl methyl sites for hydroxylation is 1. The minimum absolute atomic E-state index is 0.140. The first kappa shape index (κ1) is 15.3. The molecule has 2 aromatic rings. The van der Waals surface area contributed by atoms with Crippen molar-refractivity contribution in [3.05, 3.63) is 36.5 Å². The van der Waals surface area contributed by atoms with Gasteiger partial charge in [0.25, 0.3) is 0 Å². The van der Waals surface area contributed by atoms with Crippen molar-refractivity contribution in [3.8, 4) is 5.88 Å². The first-order valence-corrected chi connectivity index (χ1v) is 7.34. The molecule has 0 aliphatic carbocycles. The molecule has 122 valence electrons. The molecular weight excluding hydrogens is 298 g/mol. The molecule has 8 heteroatoms. The fourth-order valence-electron chi connectivity index (χ4n) is 2.62. The molecule has 2 aromatic heterocycles. The van der Waals surface area contributed by atoms with Gasteiger partial charge in [0, 0.05) is 32.2 Å². The normalized spacial score (nSPS) is 20.3. The van der Waals surface area contributed by atoms with Gasteiger partial charge in [-0.05, 0) is 18.6 Å². The topological polar surface area (TPSA) is 90.3 Å². The van der Waals surface area contributed by atoms with E-state index in [4.69, 9.17) is 9.47 Å². The molecule has 0 bridgehead atoms. The quantitative estimate of drug-likeness (QED) is 0.891. The molecular formula is C15H19N5O3. The van der Waals surface area contributed by atoms with Gasteiger partial charge in [-0.1, -0.05) is 0 Å². The van der Waals surface area contributed by atoms with Crippen molar-refractivity contribution < 1.29 is 14.3 Å². The summed E-state index contributed by atoms with van der Waals surface area (Å²) >= 11 is 0. The molecule has 0 spiro atoms. The molecule has 23 heavy (non-hydrogen) atoms. The number of rotatable bonds is 4. The third-order valence-electron chi connectivity index (χ3n) is 3.73. The maximum atomic E-state index is 12.2. The Morgan fingerprint density at radius 1 is 1.43 bits per heavy atom. The average molecular weight is 317 g/mol. The molecule has 1 aliphatic rings. The van der Waals surface area contributed by atoms with E-state index in [1.807, 2.05) is 17.8 Å². The maximum Gasteiger partial charge on any atom is 0.319 e. The van der Waals surface area contributed by atoms with Crippen LogP contribution in [0.5, 0.6) is 5.88 Å². The molecule has 1 aliphatic heterocycles. The minimum atomic E-state index is -0.328. The van der Waals surface area contributed by atoms with E-state index in [1.165, 1.54) is 7.11 Å². The van der Waals surface area contributed by atoms with Crippen LogP contribution in [-0.4, -0.2) is 40.3 Å². The van der Waals surface area contributed by atoms with Crippen LogP contribution in [0.3, 0.4) is 0 Å². The fourth-order valence-corrected chi connectivity index (χ4v) is 2.62. The molecule has 1 fully saturated rings. The third kappa shape index (κ3) is 3.26. The van der Waals surface area contributed by atoms with Crippen LogP contribution in [-0.2, 0) is 11.8 Å². The zero-order valence-corrected chi connectivity index (χ0v) is 13.0. The summed E-state index contributed by atoms with van der Waals surface area (Å²) in [7, 11) is 3.41. The number of hydrogen-bond donors (Lipinski definition) is 2. The Kier molecular flexibility index (Phi) is 4.42. The van der Waals surface area contributed by atoms with Crippen molar-refractivity contribution in [3.63, 3.8) is 0 Å². The van der Waals surface area contributed by atoms with Gasteiger partial charge in [0.05, 0.1) is 13.2 Å². The van der Waals surface area contributed by atoms with E-state index in [0.29, 0.717) is 18.2 Å². The van der Waals surface area contributed by atoms with Gasteiger partial charge in [-0.2, -0.15) is 0 Å². The van der Waals surface area contributed by atoms with Gasteiger partial charge in [0.2, 0.25) is 5.88 Å². The Morgan fingerprint density at radius 3 is 3.04 bits per heavy atom. The predicted molar refractivity (Wildman–Crippen MR) is 83.2 cm³/mol. The van der Waals surface area contributed by atoms with Crippen LogP contribution in [0.4, 0.5) is 10.5 Å². The molecule has 2 amide bonds. The Hall–Kier alpha value is -2.61. The lowest BCUT2D eigenvalue weighted by molar-refractivity contribution is 0.0913. The molecule has 1 saturated heterocycles. The Morgan fingerprint density at radius 2 is 2.30 bits per heavy atom. The van der Waals surface area contributed by atoms with Crippen molar-refractivity contribution in [1.29, 1.82) is 0 Å². The first-order chi connectivity index (χ1) is 11.2. The summed E-state index contributed by atoms with van der Waals surface area (Å²) in [6, 6.07) is 2.99. The highest BCUT2D eigenvalue weighted by molar-refractivity contribution is 5.90. The number of nitrogens with zero attached hydrogens (tertiary/aromatic N) is 3. The van der Waals surface area contributed by atoms with Crippen molar-refractivity contribution >= 4 is 11.7 Å². The zero-order chi connectivity index (χ0) is 16.2. The van der Waals surface area contributed by atoms with Gasteiger partial charge < -0.3 is 24.7 Å². The highest BCUT2D eigenvalue weighted by Crippen LogP contribution is 2.28. The van der Waals surface area contributed by atoms with Gasteiger partial charge >= 0.3 is 6.03 Å². The van der Waals surface area contributed by atoms with Gasteiger partial charge in [-0.3, -0.25) is 0 Å². The summed E-state index contributed by atoms with van der Waals surface area (Å²) in [6.07, 6.45) is 5.65. The first-order valence-electron chi connectivity index (χ1n) is 7.34. The standard InChI is InChI=1S/C15H19N5O3/c1-20-8-7-16-13(20)12-10(5-9-23-12)18-15(21)19-11-4-3-6-17-14(11)22-2/h3-4,6-8,10,12H,5,9H2,1-2H3,(H2,18,19,21)/t10-,12-/m0/s1. The van der Waals surface area contributed by atoms with E-state index >= 15 is 0 Å². The smallest absolute Gasteiger partial charge is 0.319 e. The van der Waals surface area contributed by atoms with Crippen molar-refractivity contribution in [1.82, 2.24) is 19.9 Å². The van der Waals surface area contributed by atoms with Crippen molar-refractivity contribution in [2.75, 3.05) is 19.0 Å². The molecule has 8 nitrogen and oxygen atoms in total. The average Bonchev–Trinajstić information content (AvgIpc) is 3.16.